The van der Waals surface area contributed by atoms with Gasteiger partial charge in [-0.1, -0.05) is 42.2 Å². The molecule has 2 aromatic rings. The fourth-order valence-electron chi connectivity index (χ4n) is 2.37. The summed E-state index contributed by atoms with van der Waals surface area (Å²) in [6.45, 7) is 2.71. The van der Waals surface area contributed by atoms with Crippen molar-refractivity contribution in [3.63, 3.8) is 0 Å². The molecular weight excluding hydrogens is 356 g/mol. The SMILES string of the molecule is CC(C)(O)[C@H](NC(=O)c1ccc(C#C/C=C/c2ccccc2)cc1)C(=O)NO. The highest BCUT2D eigenvalue weighted by Crippen LogP contribution is 2.11. The lowest BCUT2D eigenvalue weighted by atomic mass is 9.97. The summed E-state index contributed by atoms with van der Waals surface area (Å²) >= 11 is 0. The van der Waals surface area contributed by atoms with Crippen LogP contribution in [0, 0.1) is 11.8 Å². The third-order valence-corrected chi connectivity index (χ3v) is 3.88. The molecule has 0 aliphatic carbocycles. The number of nitrogens with one attached hydrogen (secondary N) is 2. The zero-order valence-corrected chi connectivity index (χ0v) is 15.6. The van der Waals surface area contributed by atoms with Gasteiger partial charge in [-0.2, -0.15) is 0 Å². The molecule has 0 aromatic heterocycles. The van der Waals surface area contributed by atoms with Crippen LogP contribution in [-0.4, -0.2) is 33.8 Å². The van der Waals surface area contributed by atoms with E-state index >= 15 is 0 Å². The molecule has 4 N–H and O–H groups in total. The van der Waals surface area contributed by atoms with E-state index < -0.39 is 23.5 Å². The molecule has 0 bridgehead atoms. The van der Waals surface area contributed by atoms with Gasteiger partial charge in [0.25, 0.3) is 11.8 Å². The summed E-state index contributed by atoms with van der Waals surface area (Å²) in [5.41, 5.74) is 1.96. The summed E-state index contributed by atoms with van der Waals surface area (Å²) in [5.74, 6) is 4.43. The predicted molar refractivity (Wildman–Crippen MR) is 106 cm³/mol. The Morgan fingerprint density at radius 1 is 1.07 bits per heavy atom. The van der Waals surface area contributed by atoms with Gasteiger partial charge in [0.2, 0.25) is 0 Å². The number of hydroxylamine groups is 1. The minimum atomic E-state index is -1.56. The normalized spacial score (nSPS) is 12.0. The van der Waals surface area contributed by atoms with Gasteiger partial charge in [0, 0.05) is 11.1 Å². The quantitative estimate of drug-likeness (QED) is 0.364. The van der Waals surface area contributed by atoms with E-state index in [-0.39, 0.29) is 0 Å². The molecule has 144 valence electrons. The minimum Gasteiger partial charge on any atom is -0.388 e. The van der Waals surface area contributed by atoms with Gasteiger partial charge in [-0.25, -0.2) is 5.48 Å². The molecule has 6 heteroatoms. The van der Waals surface area contributed by atoms with Gasteiger partial charge in [-0.15, -0.1) is 0 Å². The zero-order valence-electron chi connectivity index (χ0n) is 15.6. The van der Waals surface area contributed by atoms with Crippen LogP contribution in [0.1, 0.15) is 35.3 Å². The average molecular weight is 378 g/mol. The molecule has 2 aromatic carbocycles. The minimum absolute atomic E-state index is 0.297. The largest absolute Gasteiger partial charge is 0.388 e. The molecule has 2 amide bonds. The molecule has 0 fully saturated rings. The van der Waals surface area contributed by atoms with E-state index in [0.717, 1.165) is 11.1 Å². The van der Waals surface area contributed by atoms with Crippen LogP contribution in [-0.2, 0) is 4.79 Å². The highest BCUT2D eigenvalue weighted by Gasteiger charge is 2.34. The van der Waals surface area contributed by atoms with Gasteiger partial charge in [-0.3, -0.25) is 14.8 Å². The Hall–Kier alpha value is -3.40. The number of carbonyl (C=O) groups is 2. The van der Waals surface area contributed by atoms with Gasteiger partial charge in [0.05, 0.1) is 5.60 Å². The van der Waals surface area contributed by atoms with E-state index in [1.807, 2.05) is 36.4 Å². The Balaban J connectivity index is 2.04. The predicted octanol–water partition coefficient (Wildman–Crippen LogP) is 2.13. The zero-order chi connectivity index (χ0) is 20.6. The van der Waals surface area contributed by atoms with E-state index in [1.54, 1.807) is 30.3 Å². The Morgan fingerprint density at radius 2 is 1.71 bits per heavy atom. The van der Waals surface area contributed by atoms with E-state index in [1.165, 1.54) is 19.3 Å². The maximum absolute atomic E-state index is 12.3. The van der Waals surface area contributed by atoms with Crippen molar-refractivity contribution < 1.29 is 19.9 Å². The van der Waals surface area contributed by atoms with Crippen molar-refractivity contribution in [2.75, 3.05) is 0 Å². The summed E-state index contributed by atoms with van der Waals surface area (Å²) in [4.78, 5) is 24.0. The van der Waals surface area contributed by atoms with Gasteiger partial charge < -0.3 is 10.4 Å². The van der Waals surface area contributed by atoms with Crippen LogP contribution < -0.4 is 10.8 Å². The lowest BCUT2D eigenvalue weighted by Gasteiger charge is -2.28. The lowest BCUT2D eigenvalue weighted by molar-refractivity contribution is -0.136. The Bertz CT molecular complexity index is 902. The van der Waals surface area contributed by atoms with Crippen molar-refractivity contribution >= 4 is 17.9 Å². The first kappa shape index (κ1) is 20.9. The molecule has 2 rings (SSSR count). The monoisotopic (exact) mass is 378 g/mol. The topological polar surface area (TPSA) is 98.7 Å². The molecule has 0 spiro atoms. The van der Waals surface area contributed by atoms with Crippen LogP contribution in [0.5, 0.6) is 0 Å². The first-order valence-electron chi connectivity index (χ1n) is 8.61. The highest BCUT2D eigenvalue weighted by atomic mass is 16.5. The second-order valence-corrected chi connectivity index (χ2v) is 6.63. The second-order valence-electron chi connectivity index (χ2n) is 6.63. The number of rotatable bonds is 5. The molecule has 6 nitrogen and oxygen atoms in total. The van der Waals surface area contributed by atoms with Crippen LogP contribution in [0.4, 0.5) is 0 Å². The molecule has 0 aliphatic rings. The number of amides is 2. The third kappa shape index (κ3) is 6.09. The Morgan fingerprint density at radius 3 is 2.29 bits per heavy atom. The van der Waals surface area contributed by atoms with Crippen molar-refractivity contribution in [1.29, 1.82) is 0 Å². The third-order valence-electron chi connectivity index (χ3n) is 3.88. The molecule has 0 unspecified atom stereocenters. The summed E-state index contributed by atoms with van der Waals surface area (Å²) in [6, 6.07) is 15.0. The first-order valence-corrected chi connectivity index (χ1v) is 8.61. The van der Waals surface area contributed by atoms with Crippen LogP contribution in [0.15, 0.2) is 60.7 Å². The van der Waals surface area contributed by atoms with E-state index in [2.05, 4.69) is 17.2 Å². The van der Waals surface area contributed by atoms with E-state index in [4.69, 9.17) is 5.21 Å². The smallest absolute Gasteiger partial charge is 0.268 e. The van der Waals surface area contributed by atoms with Crippen molar-refractivity contribution in [2.45, 2.75) is 25.5 Å². The van der Waals surface area contributed by atoms with Crippen molar-refractivity contribution in [3.05, 3.63) is 77.4 Å². The first-order chi connectivity index (χ1) is 13.3. The summed E-state index contributed by atoms with van der Waals surface area (Å²) in [5, 5.41) is 21.2. The number of benzene rings is 2. The van der Waals surface area contributed by atoms with Crippen molar-refractivity contribution in [3.8, 4) is 11.8 Å². The summed E-state index contributed by atoms with van der Waals surface area (Å²) in [7, 11) is 0. The Labute approximate surface area is 163 Å². The van der Waals surface area contributed by atoms with Gasteiger partial charge >= 0.3 is 0 Å². The molecule has 0 saturated carbocycles. The van der Waals surface area contributed by atoms with Gasteiger partial charge in [0.1, 0.15) is 6.04 Å². The van der Waals surface area contributed by atoms with E-state index in [0.29, 0.717) is 5.56 Å². The molecular formula is C22H22N2O4. The van der Waals surface area contributed by atoms with Gasteiger partial charge in [0.15, 0.2) is 0 Å². The summed E-state index contributed by atoms with van der Waals surface area (Å²) in [6.07, 6.45) is 3.65. The lowest BCUT2D eigenvalue weighted by Crippen LogP contribution is -2.57. The summed E-state index contributed by atoms with van der Waals surface area (Å²) < 4.78 is 0. The molecule has 0 saturated heterocycles. The standard InChI is InChI=1S/C22H22N2O4/c1-22(2,27)19(21(26)24-28)23-20(25)18-14-12-17(13-15-18)11-7-6-10-16-8-4-3-5-9-16/h3-6,8-10,12-15,19,27-28H,1-2H3,(H,23,25)(H,24,26)/b10-6+/t19-/m1/s1. The second kappa shape index (κ2) is 9.51. The molecule has 0 heterocycles. The van der Waals surface area contributed by atoms with Gasteiger partial charge in [-0.05, 0) is 55.8 Å². The molecule has 28 heavy (non-hydrogen) atoms. The fourth-order valence-corrected chi connectivity index (χ4v) is 2.37. The molecule has 0 aliphatic heterocycles. The van der Waals surface area contributed by atoms with Crippen molar-refractivity contribution in [2.24, 2.45) is 0 Å². The van der Waals surface area contributed by atoms with Crippen LogP contribution >= 0.6 is 0 Å². The van der Waals surface area contributed by atoms with Crippen LogP contribution in [0.2, 0.25) is 0 Å². The van der Waals surface area contributed by atoms with Crippen LogP contribution in [0.25, 0.3) is 6.08 Å². The van der Waals surface area contributed by atoms with E-state index in [9.17, 15) is 14.7 Å². The Kier molecular flexibility index (Phi) is 7.10. The highest BCUT2D eigenvalue weighted by molar-refractivity contribution is 5.97. The average Bonchev–Trinajstić information content (AvgIpc) is 2.69. The maximum Gasteiger partial charge on any atom is 0.268 e. The number of carbonyl (C=O) groups excluding carboxylic acids is 2. The number of hydrogen-bond donors (Lipinski definition) is 4. The maximum atomic E-state index is 12.3. The number of allylic oxidation sites excluding steroid dienone is 1. The van der Waals surface area contributed by atoms with Crippen LogP contribution in [0.3, 0.4) is 0 Å². The molecule has 0 radical (unpaired) electrons. The van der Waals surface area contributed by atoms with Crippen molar-refractivity contribution in [1.82, 2.24) is 10.8 Å². The molecule has 1 atom stereocenters. The number of hydrogen-bond acceptors (Lipinski definition) is 4. The number of aliphatic hydroxyl groups is 1. The fraction of sp³-hybridized carbons (Fsp3) is 0.182.